The zero-order valence-electron chi connectivity index (χ0n) is 17.4. The highest BCUT2D eigenvalue weighted by molar-refractivity contribution is 7.18. The molecular formula is C21H22Cl2N4O5S. The number of benzene rings is 1. The molecule has 4 amide bonds. The standard InChI is InChI=1S/C21H22Cl2N4O5S/c22-15-9-12(1-2-14(15)16-5-6-24-20(30)26(16)7-8-28)27-11-13(32-21(27)31)10-25-19(29)17-3-4-18(23)33-17/h1-4,9,13,16,28H,5-8,10-11H2,(H,24,30)(H,25,29)/t13-,16?/m0/s1. The average molecular weight is 513 g/mol. The molecule has 2 aliphatic heterocycles. The van der Waals surface area contributed by atoms with E-state index in [0.717, 1.165) is 5.56 Å². The van der Waals surface area contributed by atoms with Gasteiger partial charge in [0.1, 0.15) is 6.10 Å². The van der Waals surface area contributed by atoms with Gasteiger partial charge < -0.3 is 25.4 Å². The molecule has 0 saturated carbocycles. The van der Waals surface area contributed by atoms with Crippen LogP contribution in [0.2, 0.25) is 9.36 Å². The molecular weight excluding hydrogens is 491 g/mol. The molecule has 2 aromatic rings. The van der Waals surface area contributed by atoms with Crippen LogP contribution in [0.3, 0.4) is 0 Å². The van der Waals surface area contributed by atoms with Crippen LogP contribution in [0.5, 0.6) is 0 Å². The Morgan fingerprint density at radius 1 is 1.27 bits per heavy atom. The van der Waals surface area contributed by atoms with Crippen LogP contribution < -0.4 is 15.5 Å². The monoisotopic (exact) mass is 512 g/mol. The topological polar surface area (TPSA) is 111 Å². The lowest BCUT2D eigenvalue weighted by molar-refractivity contribution is 0.0920. The second-order valence-corrected chi connectivity index (χ2v) is 9.71. The Morgan fingerprint density at radius 2 is 2.09 bits per heavy atom. The zero-order valence-corrected chi connectivity index (χ0v) is 19.8. The highest BCUT2D eigenvalue weighted by Gasteiger charge is 2.34. The van der Waals surface area contributed by atoms with Gasteiger partial charge in [0.15, 0.2) is 0 Å². The van der Waals surface area contributed by atoms with Crippen LogP contribution in [0.1, 0.15) is 27.7 Å². The lowest BCUT2D eigenvalue weighted by Gasteiger charge is -2.36. The number of halogens is 2. The molecule has 2 fully saturated rings. The van der Waals surface area contributed by atoms with Crippen molar-refractivity contribution in [2.45, 2.75) is 18.6 Å². The smallest absolute Gasteiger partial charge is 0.414 e. The number of aliphatic hydroxyl groups excluding tert-OH is 1. The molecule has 1 aromatic heterocycles. The minimum Gasteiger partial charge on any atom is -0.442 e. The van der Waals surface area contributed by atoms with Gasteiger partial charge in [0, 0.05) is 23.8 Å². The number of carbonyl (C=O) groups excluding carboxylic acids is 3. The molecule has 1 aromatic carbocycles. The highest BCUT2D eigenvalue weighted by Crippen LogP contribution is 2.35. The Morgan fingerprint density at radius 3 is 2.79 bits per heavy atom. The van der Waals surface area contributed by atoms with E-state index in [1.165, 1.54) is 16.2 Å². The van der Waals surface area contributed by atoms with E-state index in [1.807, 2.05) is 0 Å². The quantitative estimate of drug-likeness (QED) is 0.527. The van der Waals surface area contributed by atoms with Crippen LogP contribution in [-0.4, -0.2) is 66.9 Å². The average Bonchev–Trinajstić information content (AvgIpc) is 3.39. The molecule has 0 aliphatic carbocycles. The fourth-order valence-electron chi connectivity index (χ4n) is 3.93. The molecule has 33 heavy (non-hydrogen) atoms. The van der Waals surface area contributed by atoms with Gasteiger partial charge in [-0.05, 0) is 36.2 Å². The van der Waals surface area contributed by atoms with Gasteiger partial charge in [0.05, 0.1) is 35.0 Å². The third kappa shape index (κ3) is 5.19. The Kier molecular flexibility index (Phi) is 7.28. The highest BCUT2D eigenvalue weighted by atomic mass is 35.5. The number of urea groups is 1. The fraction of sp³-hybridized carbons (Fsp3) is 0.381. The van der Waals surface area contributed by atoms with Gasteiger partial charge in [-0.1, -0.05) is 29.3 Å². The van der Waals surface area contributed by atoms with E-state index in [4.69, 9.17) is 27.9 Å². The number of cyclic esters (lactones) is 1. The van der Waals surface area contributed by atoms with Crippen LogP contribution in [0.15, 0.2) is 30.3 Å². The Labute approximate surface area is 204 Å². The van der Waals surface area contributed by atoms with E-state index in [9.17, 15) is 19.5 Å². The summed E-state index contributed by atoms with van der Waals surface area (Å²) in [5.74, 6) is -0.280. The van der Waals surface area contributed by atoms with Crippen molar-refractivity contribution in [1.82, 2.24) is 15.5 Å². The SMILES string of the molecule is O=C(NC[C@H]1CN(c2ccc(C3CCNC(=O)N3CCO)c(Cl)c2)C(=O)O1)c1ccc(Cl)s1. The van der Waals surface area contributed by atoms with Gasteiger partial charge in [0.2, 0.25) is 0 Å². The van der Waals surface area contributed by atoms with Gasteiger partial charge >= 0.3 is 12.1 Å². The third-order valence-corrected chi connectivity index (χ3v) is 7.05. The van der Waals surface area contributed by atoms with E-state index in [0.29, 0.717) is 32.9 Å². The molecule has 9 nitrogen and oxygen atoms in total. The van der Waals surface area contributed by atoms with Crippen molar-refractivity contribution in [3.05, 3.63) is 50.1 Å². The summed E-state index contributed by atoms with van der Waals surface area (Å²) in [5, 5.41) is 15.2. The summed E-state index contributed by atoms with van der Waals surface area (Å²) in [5.41, 5.74) is 1.30. The molecule has 0 spiro atoms. The third-order valence-electron chi connectivity index (χ3n) is 5.49. The van der Waals surface area contributed by atoms with E-state index < -0.39 is 12.2 Å². The molecule has 3 N–H and O–H groups in total. The number of β-amino-alcohol motifs (C(OH)–C–C–N with tert-alkyl or cyclic N) is 1. The molecule has 1 unspecified atom stereocenters. The van der Waals surface area contributed by atoms with Crippen LogP contribution in [0.4, 0.5) is 15.3 Å². The normalized spacial score (nSPS) is 20.6. The van der Waals surface area contributed by atoms with E-state index in [-0.39, 0.29) is 44.2 Å². The van der Waals surface area contributed by atoms with Gasteiger partial charge in [-0.2, -0.15) is 0 Å². The number of ether oxygens (including phenoxy) is 1. The lowest BCUT2D eigenvalue weighted by atomic mass is 9.99. The van der Waals surface area contributed by atoms with Crippen molar-refractivity contribution in [1.29, 1.82) is 0 Å². The Bertz CT molecular complexity index is 1070. The summed E-state index contributed by atoms with van der Waals surface area (Å²) < 4.78 is 5.91. The number of thiophene rings is 1. The molecule has 0 radical (unpaired) electrons. The molecule has 3 heterocycles. The molecule has 4 rings (SSSR count). The number of aliphatic hydroxyl groups is 1. The summed E-state index contributed by atoms with van der Waals surface area (Å²) in [4.78, 5) is 40.3. The molecule has 0 bridgehead atoms. The van der Waals surface area contributed by atoms with Crippen LogP contribution >= 0.6 is 34.5 Å². The summed E-state index contributed by atoms with van der Waals surface area (Å²) >= 11 is 13.6. The summed E-state index contributed by atoms with van der Waals surface area (Å²) in [7, 11) is 0. The predicted molar refractivity (Wildman–Crippen MR) is 125 cm³/mol. The first kappa shape index (κ1) is 23.6. The van der Waals surface area contributed by atoms with Crippen molar-refractivity contribution in [2.24, 2.45) is 0 Å². The number of anilines is 1. The Hall–Kier alpha value is -2.53. The molecule has 2 aliphatic rings. The second-order valence-electron chi connectivity index (χ2n) is 7.59. The van der Waals surface area contributed by atoms with Gasteiger partial charge in [-0.15, -0.1) is 11.3 Å². The van der Waals surface area contributed by atoms with Crippen molar-refractivity contribution in [3.63, 3.8) is 0 Å². The van der Waals surface area contributed by atoms with Crippen LogP contribution in [0.25, 0.3) is 0 Å². The first-order valence-corrected chi connectivity index (χ1v) is 11.9. The predicted octanol–water partition coefficient (Wildman–Crippen LogP) is 3.26. The van der Waals surface area contributed by atoms with Gasteiger partial charge in [0.25, 0.3) is 5.91 Å². The number of carbonyl (C=O) groups is 3. The number of nitrogens with zero attached hydrogens (tertiary/aromatic N) is 2. The van der Waals surface area contributed by atoms with E-state index >= 15 is 0 Å². The number of nitrogens with one attached hydrogen (secondary N) is 2. The number of amides is 4. The molecule has 2 atom stereocenters. The largest absolute Gasteiger partial charge is 0.442 e. The summed E-state index contributed by atoms with van der Waals surface area (Å²) in [6.45, 7) is 0.958. The summed E-state index contributed by atoms with van der Waals surface area (Å²) in [6, 6.07) is 7.96. The second kappa shape index (κ2) is 10.2. The first-order valence-electron chi connectivity index (χ1n) is 10.3. The first-order chi connectivity index (χ1) is 15.9. The number of rotatable bonds is 7. The van der Waals surface area contributed by atoms with Crippen molar-refractivity contribution in [3.8, 4) is 0 Å². The van der Waals surface area contributed by atoms with Gasteiger partial charge in [-0.25, -0.2) is 9.59 Å². The van der Waals surface area contributed by atoms with Crippen molar-refractivity contribution < 1.29 is 24.2 Å². The molecule has 176 valence electrons. The van der Waals surface area contributed by atoms with Crippen LogP contribution in [0, 0.1) is 0 Å². The maximum absolute atomic E-state index is 12.4. The van der Waals surface area contributed by atoms with Gasteiger partial charge in [-0.3, -0.25) is 9.69 Å². The zero-order chi connectivity index (χ0) is 23.5. The van der Waals surface area contributed by atoms with Crippen LogP contribution in [-0.2, 0) is 4.74 Å². The fourth-order valence-corrected chi connectivity index (χ4v) is 5.19. The van der Waals surface area contributed by atoms with Crippen molar-refractivity contribution in [2.75, 3.05) is 37.7 Å². The minimum atomic E-state index is -0.531. The number of hydrogen-bond donors (Lipinski definition) is 3. The number of hydrogen-bond acceptors (Lipinski definition) is 6. The van der Waals surface area contributed by atoms with Crippen molar-refractivity contribution >= 4 is 58.3 Å². The summed E-state index contributed by atoms with van der Waals surface area (Å²) in [6.07, 6.45) is -0.401. The maximum Gasteiger partial charge on any atom is 0.414 e. The minimum absolute atomic E-state index is 0.156. The van der Waals surface area contributed by atoms with E-state index in [2.05, 4.69) is 10.6 Å². The maximum atomic E-state index is 12.4. The Balaban J connectivity index is 1.41. The molecule has 2 saturated heterocycles. The van der Waals surface area contributed by atoms with E-state index in [1.54, 1.807) is 35.2 Å². The lowest BCUT2D eigenvalue weighted by Crippen LogP contribution is -2.49. The molecule has 12 heteroatoms.